The lowest BCUT2D eigenvalue weighted by molar-refractivity contribution is -0.143. The molecule has 0 unspecified atom stereocenters. The lowest BCUT2D eigenvalue weighted by atomic mass is 9.94. The zero-order valence-corrected chi connectivity index (χ0v) is 12.3. The maximum Gasteiger partial charge on any atom is 0.309 e. The predicted molar refractivity (Wildman–Crippen MR) is 83.5 cm³/mol. The summed E-state index contributed by atoms with van der Waals surface area (Å²) in [5.41, 5.74) is 1.80. The molecule has 1 aliphatic heterocycles. The normalized spacial score (nSPS) is 20.6. The second-order valence-electron chi connectivity index (χ2n) is 5.61. The van der Waals surface area contributed by atoms with Crippen molar-refractivity contribution in [2.75, 3.05) is 0 Å². The Kier molecular flexibility index (Phi) is 4.33. The number of ketones is 1. The van der Waals surface area contributed by atoms with E-state index in [2.05, 4.69) is 0 Å². The quantitative estimate of drug-likeness (QED) is 0.627. The Morgan fingerprint density at radius 2 is 1.64 bits per heavy atom. The molecule has 1 fully saturated rings. The Morgan fingerprint density at radius 3 is 2.32 bits per heavy atom. The highest BCUT2D eigenvalue weighted by Gasteiger charge is 2.38. The molecule has 0 saturated carbocycles. The first-order chi connectivity index (χ1) is 10.7. The number of cyclic esters (lactones) is 1. The van der Waals surface area contributed by atoms with E-state index >= 15 is 0 Å². The summed E-state index contributed by atoms with van der Waals surface area (Å²) in [6, 6.07) is 19.1. The topological polar surface area (TPSA) is 43.4 Å². The molecule has 0 N–H and O–H groups in total. The number of hydrogen-bond acceptors (Lipinski definition) is 3. The lowest BCUT2D eigenvalue weighted by Crippen LogP contribution is -2.20. The molecule has 3 nitrogen and oxygen atoms in total. The van der Waals surface area contributed by atoms with Crippen molar-refractivity contribution in [3.8, 4) is 0 Å². The maximum atomic E-state index is 12.3. The zero-order chi connectivity index (χ0) is 15.4. The monoisotopic (exact) mass is 294 g/mol. The second kappa shape index (κ2) is 6.56. The Bertz CT molecular complexity index is 649. The SMILES string of the molecule is O=C1O[C@@H](C(=O)c2ccccc2)C[C@H]1CCc1ccccc1. The largest absolute Gasteiger partial charge is 0.454 e. The van der Waals surface area contributed by atoms with E-state index in [-0.39, 0.29) is 17.7 Å². The van der Waals surface area contributed by atoms with Crippen LogP contribution in [0.25, 0.3) is 0 Å². The molecular weight excluding hydrogens is 276 g/mol. The first-order valence-electron chi connectivity index (χ1n) is 7.58. The van der Waals surface area contributed by atoms with Crippen LogP contribution in [0.4, 0.5) is 0 Å². The van der Waals surface area contributed by atoms with Crippen LogP contribution in [-0.2, 0) is 16.0 Å². The minimum Gasteiger partial charge on any atom is -0.454 e. The standard InChI is InChI=1S/C19H18O3/c20-18(15-9-5-2-6-10-15)17-13-16(19(21)22-17)12-11-14-7-3-1-4-8-14/h1-10,16-17H,11-13H2/t16-,17-/m1/s1. The number of aryl methyl sites for hydroxylation is 1. The van der Waals surface area contributed by atoms with Crippen molar-refractivity contribution in [2.45, 2.75) is 25.4 Å². The highest BCUT2D eigenvalue weighted by atomic mass is 16.6. The number of carbonyl (C=O) groups is 2. The van der Waals surface area contributed by atoms with Crippen LogP contribution < -0.4 is 0 Å². The summed E-state index contributed by atoms with van der Waals surface area (Å²) >= 11 is 0. The van der Waals surface area contributed by atoms with E-state index in [0.29, 0.717) is 12.0 Å². The van der Waals surface area contributed by atoms with Gasteiger partial charge in [0.05, 0.1) is 5.92 Å². The number of benzene rings is 2. The molecule has 1 heterocycles. The zero-order valence-electron chi connectivity index (χ0n) is 12.3. The van der Waals surface area contributed by atoms with Crippen LogP contribution in [0.3, 0.4) is 0 Å². The highest BCUT2D eigenvalue weighted by Crippen LogP contribution is 2.27. The van der Waals surface area contributed by atoms with Crippen molar-refractivity contribution in [3.05, 3.63) is 71.8 Å². The number of Topliss-reactive ketones (excluding diaryl/α,β-unsaturated/α-hetero) is 1. The molecule has 0 aliphatic carbocycles. The third-order valence-corrected chi connectivity index (χ3v) is 4.07. The summed E-state index contributed by atoms with van der Waals surface area (Å²) < 4.78 is 5.29. The summed E-state index contributed by atoms with van der Waals surface area (Å²) in [7, 11) is 0. The third-order valence-electron chi connectivity index (χ3n) is 4.07. The number of hydrogen-bond donors (Lipinski definition) is 0. The van der Waals surface area contributed by atoms with Gasteiger partial charge >= 0.3 is 5.97 Å². The summed E-state index contributed by atoms with van der Waals surface area (Å²) in [6.45, 7) is 0. The molecule has 112 valence electrons. The van der Waals surface area contributed by atoms with E-state index in [1.165, 1.54) is 5.56 Å². The molecular formula is C19H18O3. The smallest absolute Gasteiger partial charge is 0.309 e. The first kappa shape index (κ1) is 14.5. The molecule has 22 heavy (non-hydrogen) atoms. The van der Waals surface area contributed by atoms with Gasteiger partial charge in [0.1, 0.15) is 0 Å². The van der Waals surface area contributed by atoms with E-state index < -0.39 is 6.10 Å². The third kappa shape index (κ3) is 3.25. The van der Waals surface area contributed by atoms with Gasteiger partial charge in [0, 0.05) is 12.0 Å². The molecule has 0 aromatic heterocycles. The average Bonchev–Trinajstić information content (AvgIpc) is 2.95. The van der Waals surface area contributed by atoms with Crippen LogP contribution in [0.5, 0.6) is 0 Å². The van der Waals surface area contributed by atoms with Crippen LogP contribution in [0.15, 0.2) is 60.7 Å². The summed E-state index contributed by atoms with van der Waals surface area (Å²) in [5.74, 6) is -0.528. The average molecular weight is 294 g/mol. The molecule has 2 aromatic rings. The molecule has 1 aliphatic rings. The molecule has 3 heteroatoms. The van der Waals surface area contributed by atoms with Gasteiger partial charge in [-0.05, 0) is 18.4 Å². The van der Waals surface area contributed by atoms with Crippen molar-refractivity contribution in [2.24, 2.45) is 5.92 Å². The fourth-order valence-corrected chi connectivity index (χ4v) is 2.81. The van der Waals surface area contributed by atoms with Crippen LogP contribution in [-0.4, -0.2) is 17.9 Å². The van der Waals surface area contributed by atoms with Gasteiger partial charge in [-0.2, -0.15) is 0 Å². The number of rotatable bonds is 5. The number of esters is 1. The molecule has 0 spiro atoms. The first-order valence-corrected chi connectivity index (χ1v) is 7.58. The van der Waals surface area contributed by atoms with Gasteiger partial charge in [-0.15, -0.1) is 0 Å². The lowest BCUT2D eigenvalue weighted by Gasteiger charge is -2.07. The van der Waals surface area contributed by atoms with Gasteiger partial charge in [0.25, 0.3) is 0 Å². The fraction of sp³-hybridized carbons (Fsp3) is 0.263. The Morgan fingerprint density at radius 1 is 1.00 bits per heavy atom. The Hall–Kier alpha value is -2.42. The van der Waals surface area contributed by atoms with E-state index in [0.717, 1.165) is 12.8 Å². The van der Waals surface area contributed by atoms with Crippen molar-refractivity contribution >= 4 is 11.8 Å². The Labute approximate surface area is 129 Å². The summed E-state index contributed by atoms with van der Waals surface area (Å²) in [6.07, 6.45) is 1.41. The predicted octanol–water partition coefficient (Wildman–Crippen LogP) is 3.43. The minimum atomic E-state index is -0.629. The van der Waals surface area contributed by atoms with Crippen LogP contribution in [0, 0.1) is 5.92 Å². The van der Waals surface area contributed by atoms with E-state index in [9.17, 15) is 9.59 Å². The van der Waals surface area contributed by atoms with Crippen molar-refractivity contribution in [1.29, 1.82) is 0 Å². The second-order valence-corrected chi connectivity index (χ2v) is 5.61. The molecule has 2 atom stereocenters. The van der Waals surface area contributed by atoms with Gasteiger partial charge in [0.15, 0.2) is 6.10 Å². The van der Waals surface area contributed by atoms with Gasteiger partial charge < -0.3 is 4.74 Å². The Balaban J connectivity index is 1.60. The molecule has 3 rings (SSSR count). The van der Waals surface area contributed by atoms with Gasteiger partial charge in [-0.3, -0.25) is 9.59 Å². The minimum absolute atomic E-state index is 0.101. The summed E-state index contributed by atoms with van der Waals surface area (Å²) in [4.78, 5) is 24.3. The van der Waals surface area contributed by atoms with E-state index in [1.54, 1.807) is 12.1 Å². The van der Waals surface area contributed by atoms with Gasteiger partial charge in [0.2, 0.25) is 5.78 Å². The molecule has 0 bridgehead atoms. The number of ether oxygens (including phenoxy) is 1. The molecule has 0 amide bonds. The van der Waals surface area contributed by atoms with Crippen LogP contribution >= 0.6 is 0 Å². The summed E-state index contributed by atoms with van der Waals surface area (Å²) in [5, 5.41) is 0. The van der Waals surface area contributed by atoms with Crippen molar-refractivity contribution in [1.82, 2.24) is 0 Å². The van der Waals surface area contributed by atoms with E-state index in [1.807, 2.05) is 48.5 Å². The highest BCUT2D eigenvalue weighted by molar-refractivity contribution is 6.01. The molecule has 0 radical (unpaired) electrons. The van der Waals surface area contributed by atoms with Gasteiger partial charge in [-0.25, -0.2) is 0 Å². The maximum absolute atomic E-state index is 12.3. The molecule has 2 aromatic carbocycles. The van der Waals surface area contributed by atoms with Gasteiger partial charge in [-0.1, -0.05) is 60.7 Å². The van der Waals surface area contributed by atoms with E-state index in [4.69, 9.17) is 4.74 Å². The number of carbonyl (C=O) groups excluding carboxylic acids is 2. The van der Waals surface area contributed by atoms with Crippen LogP contribution in [0.2, 0.25) is 0 Å². The van der Waals surface area contributed by atoms with Crippen LogP contribution in [0.1, 0.15) is 28.8 Å². The van der Waals surface area contributed by atoms with Crippen molar-refractivity contribution in [3.63, 3.8) is 0 Å². The van der Waals surface area contributed by atoms with Crippen molar-refractivity contribution < 1.29 is 14.3 Å². The molecule has 1 saturated heterocycles. The fourth-order valence-electron chi connectivity index (χ4n) is 2.81.